The number of halogens is 1. The second-order valence-corrected chi connectivity index (χ2v) is 4.05. The fraction of sp³-hybridized carbons (Fsp3) is 0.400. The first-order chi connectivity index (χ1) is 7.56. The molecule has 1 aromatic rings. The van der Waals surface area contributed by atoms with Crippen LogP contribution in [0.15, 0.2) is 12.3 Å². The number of H-pyrrole nitrogens is 1. The fourth-order valence-electron chi connectivity index (χ4n) is 1.49. The molecule has 0 amide bonds. The number of carbonyl (C=O) groups excluding carboxylic acids is 2. The van der Waals surface area contributed by atoms with Crippen LogP contribution in [0.4, 0.5) is 0 Å². The molecule has 2 heterocycles. The Labute approximate surface area is 96.7 Å². The molecule has 1 saturated heterocycles. The van der Waals surface area contributed by atoms with Crippen LogP contribution in [0.25, 0.3) is 0 Å². The zero-order chi connectivity index (χ0) is 11.7. The number of aromatic amines is 1. The molecule has 0 radical (unpaired) electrons. The number of cyclic esters (lactones) is 1. The van der Waals surface area contributed by atoms with Crippen molar-refractivity contribution in [1.82, 2.24) is 4.98 Å². The zero-order valence-electron chi connectivity index (χ0n) is 8.53. The second-order valence-electron chi connectivity index (χ2n) is 3.61. The van der Waals surface area contributed by atoms with Crippen molar-refractivity contribution in [2.75, 3.05) is 0 Å². The van der Waals surface area contributed by atoms with Gasteiger partial charge in [-0.1, -0.05) is 11.6 Å². The Morgan fingerprint density at radius 2 is 2.44 bits per heavy atom. The third kappa shape index (κ3) is 2.19. The molecule has 2 rings (SSSR count). The Hall–Kier alpha value is -1.49. The van der Waals surface area contributed by atoms with Crippen molar-refractivity contribution in [2.45, 2.75) is 25.6 Å². The largest absolute Gasteiger partial charge is 0.460 e. The van der Waals surface area contributed by atoms with Gasteiger partial charge in [-0.2, -0.15) is 0 Å². The summed E-state index contributed by atoms with van der Waals surface area (Å²) in [5.41, 5.74) is 0.220. The van der Waals surface area contributed by atoms with Crippen molar-refractivity contribution in [3.05, 3.63) is 23.0 Å². The number of hydrogen-bond acceptors (Lipinski definition) is 4. The van der Waals surface area contributed by atoms with Gasteiger partial charge in [0, 0.05) is 12.6 Å². The highest BCUT2D eigenvalue weighted by Gasteiger charge is 2.35. The van der Waals surface area contributed by atoms with Crippen molar-refractivity contribution in [3.8, 4) is 0 Å². The van der Waals surface area contributed by atoms with Gasteiger partial charge in [-0.25, -0.2) is 9.59 Å². The minimum atomic E-state index is -0.815. The molecule has 0 bridgehead atoms. The Morgan fingerprint density at radius 1 is 1.69 bits per heavy atom. The molecule has 2 unspecified atom stereocenters. The van der Waals surface area contributed by atoms with Gasteiger partial charge in [0.15, 0.2) is 0 Å². The second kappa shape index (κ2) is 4.17. The van der Waals surface area contributed by atoms with Gasteiger partial charge in [0.25, 0.3) is 0 Å². The third-order valence-corrected chi connectivity index (χ3v) is 2.46. The van der Waals surface area contributed by atoms with Crippen molar-refractivity contribution in [1.29, 1.82) is 0 Å². The number of ether oxygens (including phenoxy) is 2. The van der Waals surface area contributed by atoms with E-state index in [1.54, 1.807) is 6.92 Å². The summed E-state index contributed by atoms with van der Waals surface area (Å²) in [6.45, 7) is 1.75. The molecule has 0 aliphatic carbocycles. The Bertz CT molecular complexity index is 428. The lowest BCUT2D eigenvalue weighted by atomic mass is 10.2. The van der Waals surface area contributed by atoms with Gasteiger partial charge in [0.1, 0.15) is 11.8 Å². The standard InChI is InChI=1S/C10H10ClNO4/c1-5-2-8(10(14)15-5)16-9(13)7-3-6(11)4-12-7/h3-5,8,12H,2H2,1H3. The van der Waals surface area contributed by atoms with Crippen LogP contribution in [0.2, 0.25) is 5.02 Å². The van der Waals surface area contributed by atoms with E-state index in [1.165, 1.54) is 12.3 Å². The van der Waals surface area contributed by atoms with Crippen LogP contribution in [0.1, 0.15) is 23.8 Å². The molecule has 5 nitrogen and oxygen atoms in total. The summed E-state index contributed by atoms with van der Waals surface area (Å²) in [5, 5.41) is 0.411. The molecule has 1 N–H and O–H groups in total. The Morgan fingerprint density at radius 3 is 2.94 bits per heavy atom. The highest BCUT2D eigenvalue weighted by atomic mass is 35.5. The van der Waals surface area contributed by atoms with Crippen molar-refractivity contribution < 1.29 is 19.1 Å². The van der Waals surface area contributed by atoms with Gasteiger partial charge in [-0.3, -0.25) is 0 Å². The van der Waals surface area contributed by atoms with Gasteiger partial charge in [0.05, 0.1) is 5.02 Å². The van der Waals surface area contributed by atoms with Crippen molar-refractivity contribution in [2.24, 2.45) is 0 Å². The first kappa shape index (κ1) is 11.0. The molecule has 6 heteroatoms. The van der Waals surface area contributed by atoms with Crippen LogP contribution in [0, 0.1) is 0 Å². The number of carbonyl (C=O) groups is 2. The molecule has 0 spiro atoms. The summed E-state index contributed by atoms with van der Waals surface area (Å²) in [4.78, 5) is 25.4. The molecule has 86 valence electrons. The Kier molecular flexibility index (Phi) is 2.87. The molecule has 1 aromatic heterocycles. The lowest BCUT2D eigenvalue weighted by molar-refractivity contribution is -0.147. The average Bonchev–Trinajstić information content (AvgIpc) is 2.74. The van der Waals surface area contributed by atoms with Crippen LogP contribution in [0.3, 0.4) is 0 Å². The van der Waals surface area contributed by atoms with Crippen LogP contribution in [-0.4, -0.2) is 29.1 Å². The SMILES string of the molecule is CC1CC(OC(=O)c2cc(Cl)c[nH]2)C(=O)O1. The smallest absolute Gasteiger partial charge is 0.355 e. The van der Waals surface area contributed by atoms with Crippen LogP contribution in [0.5, 0.6) is 0 Å². The van der Waals surface area contributed by atoms with Crippen LogP contribution < -0.4 is 0 Å². The number of aromatic nitrogens is 1. The quantitative estimate of drug-likeness (QED) is 0.800. The van der Waals surface area contributed by atoms with Crippen molar-refractivity contribution in [3.63, 3.8) is 0 Å². The maximum atomic E-state index is 11.5. The number of esters is 2. The van der Waals surface area contributed by atoms with E-state index >= 15 is 0 Å². The summed E-state index contributed by atoms with van der Waals surface area (Å²) in [5.74, 6) is -1.11. The van der Waals surface area contributed by atoms with E-state index in [0.29, 0.717) is 11.4 Å². The predicted molar refractivity (Wildman–Crippen MR) is 55.2 cm³/mol. The van der Waals surface area contributed by atoms with E-state index in [9.17, 15) is 9.59 Å². The first-order valence-electron chi connectivity index (χ1n) is 4.81. The monoisotopic (exact) mass is 243 g/mol. The van der Waals surface area contributed by atoms with E-state index in [-0.39, 0.29) is 11.8 Å². The number of nitrogens with one attached hydrogen (secondary N) is 1. The zero-order valence-corrected chi connectivity index (χ0v) is 9.28. The average molecular weight is 244 g/mol. The molecule has 0 saturated carbocycles. The molecule has 1 fully saturated rings. The number of hydrogen-bond donors (Lipinski definition) is 1. The highest BCUT2D eigenvalue weighted by Crippen LogP contribution is 2.19. The maximum Gasteiger partial charge on any atom is 0.355 e. The molecular weight excluding hydrogens is 234 g/mol. The molecule has 0 aromatic carbocycles. The molecule has 2 atom stereocenters. The van der Waals surface area contributed by atoms with Crippen LogP contribution >= 0.6 is 11.6 Å². The topological polar surface area (TPSA) is 68.4 Å². The minimum Gasteiger partial charge on any atom is -0.460 e. The highest BCUT2D eigenvalue weighted by molar-refractivity contribution is 6.30. The summed E-state index contributed by atoms with van der Waals surface area (Å²) >= 11 is 5.64. The molecule has 1 aliphatic heterocycles. The minimum absolute atomic E-state index is 0.211. The summed E-state index contributed by atoms with van der Waals surface area (Å²) < 4.78 is 9.85. The fourth-order valence-corrected chi connectivity index (χ4v) is 1.66. The predicted octanol–water partition coefficient (Wildman–Crippen LogP) is 1.53. The van der Waals surface area contributed by atoms with Crippen LogP contribution in [-0.2, 0) is 14.3 Å². The van der Waals surface area contributed by atoms with Gasteiger partial charge < -0.3 is 14.5 Å². The maximum absolute atomic E-state index is 11.5. The summed E-state index contributed by atoms with van der Waals surface area (Å²) in [6.07, 6.45) is 0.828. The number of rotatable bonds is 2. The third-order valence-electron chi connectivity index (χ3n) is 2.24. The van der Waals surface area contributed by atoms with Gasteiger partial charge in [0.2, 0.25) is 6.10 Å². The van der Waals surface area contributed by atoms with Gasteiger partial charge in [-0.05, 0) is 13.0 Å². The summed E-state index contributed by atoms with van der Waals surface area (Å²) in [6, 6.07) is 1.44. The van der Waals surface area contributed by atoms with E-state index in [0.717, 1.165) is 0 Å². The first-order valence-corrected chi connectivity index (χ1v) is 5.19. The Balaban J connectivity index is 2.00. The molecular formula is C10H10ClNO4. The lowest BCUT2D eigenvalue weighted by Gasteiger charge is -2.06. The van der Waals surface area contributed by atoms with E-state index in [4.69, 9.17) is 21.1 Å². The molecule has 16 heavy (non-hydrogen) atoms. The van der Waals surface area contributed by atoms with E-state index < -0.39 is 18.0 Å². The van der Waals surface area contributed by atoms with Gasteiger partial charge in [-0.15, -0.1) is 0 Å². The van der Waals surface area contributed by atoms with Gasteiger partial charge >= 0.3 is 11.9 Å². The van der Waals surface area contributed by atoms with Crippen molar-refractivity contribution >= 4 is 23.5 Å². The summed E-state index contributed by atoms with van der Waals surface area (Å²) in [7, 11) is 0. The molecule has 1 aliphatic rings. The van der Waals surface area contributed by atoms with E-state index in [1.807, 2.05) is 0 Å². The lowest BCUT2D eigenvalue weighted by Crippen LogP contribution is -2.22. The van der Waals surface area contributed by atoms with E-state index in [2.05, 4.69) is 4.98 Å². The normalized spacial score (nSPS) is 24.2.